The lowest BCUT2D eigenvalue weighted by molar-refractivity contribution is 0.307. The zero-order valence-corrected chi connectivity index (χ0v) is 11.4. The molecule has 0 radical (unpaired) electrons. The predicted molar refractivity (Wildman–Crippen MR) is 76.7 cm³/mol. The molecule has 0 aliphatic heterocycles. The first-order valence-corrected chi connectivity index (χ1v) is 6.87. The fourth-order valence-corrected chi connectivity index (χ4v) is 2.03. The van der Waals surface area contributed by atoms with Crippen molar-refractivity contribution in [1.82, 2.24) is 9.97 Å². The van der Waals surface area contributed by atoms with Gasteiger partial charge in [-0.1, -0.05) is 18.3 Å². The van der Waals surface area contributed by atoms with Crippen molar-refractivity contribution in [2.45, 2.75) is 19.9 Å². The van der Waals surface area contributed by atoms with E-state index in [0.717, 1.165) is 23.5 Å². The molecule has 0 spiro atoms. The average Bonchev–Trinajstić information content (AvgIpc) is 2.82. The molecule has 0 unspecified atom stereocenters. The maximum atomic E-state index is 11.0. The van der Waals surface area contributed by atoms with E-state index in [1.165, 1.54) is 0 Å². The monoisotopic (exact) mass is 280 g/mol. The van der Waals surface area contributed by atoms with Crippen LogP contribution in [0.4, 0.5) is 11.5 Å². The lowest BCUT2D eigenvalue weighted by atomic mass is 10.4. The van der Waals surface area contributed by atoms with Crippen molar-refractivity contribution >= 4 is 22.8 Å². The van der Waals surface area contributed by atoms with Crippen LogP contribution in [0.2, 0.25) is 0 Å². The Labute approximate surface area is 114 Å². The molecule has 0 aliphatic carbocycles. The molecule has 0 aromatic carbocycles. The number of nitrogens with two attached hydrogens (primary N) is 1. The zero-order valence-electron chi connectivity index (χ0n) is 10.6. The lowest BCUT2D eigenvalue weighted by Crippen LogP contribution is -2.06. The Kier molecular flexibility index (Phi) is 4.40. The second kappa shape index (κ2) is 6.24. The van der Waals surface area contributed by atoms with Gasteiger partial charge in [-0.15, -0.1) is 0 Å². The average molecular weight is 280 g/mol. The zero-order chi connectivity index (χ0) is 13.7. The number of hydrogen-bond donors (Lipinski definition) is 3. The van der Waals surface area contributed by atoms with E-state index in [9.17, 15) is 4.79 Å². The first kappa shape index (κ1) is 13.4. The number of hydrogen-bond acceptors (Lipinski definition) is 6. The fraction of sp³-hybridized carbons (Fsp3) is 0.333. The molecule has 19 heavy (non-hydrogen) atoms. The maximum absolute atomic E-state index is 11.0. The van der Waals surface area contributed by atoms with Crippen molar-refractivity contribution in [3.63, 3.8) is 0 Å². The van der Waals surface area contributed by atoms with Crippen LogP contribution in [-0.2, 0) is 6.54 Å². The highest BCUT2D eigenvalue weighted by molar-refractivity contribution is 7.07. The van der Waals surface area contributed by atoms with Crippen LogP contribution in [0, 0.1) is 0 Å². The molecule has 0 aliphatic rings. The van der Waals surface area contributed by atoms with Gasteiger partial charge in [0.15, 0.2) is 0 Å². The van der Waals surface area contributed by atoms with Crippen LogP contribution in [0.1, 0.15) is 19.0 Å². The minimum Gasteiger partial charge on any atom is -0.476 e. The number of pyridine rings is 1. The van der Waals surface area contributed by atoms with Crippen molar-refractivity contribution in [3.05, 3.63) is 32.9 Å². The minimum absolute atomic E-state index is 0.0611. The van der Waals surface area contributed by atoms with Gasteiger partial charge in [0.1, 0.15) is 5.82 Å². The summed E-state index contributed by atoms with van der Waals surface area (Å²) < 4.78 is 5.45. The molecular formula is C12H16N4O2S. The van der Waals surface area contributed by atoms with Crippen molar-refractivity contribution in [3.8, 4) is 5.88 Å². The molecule has 0 fully saturated rings. The van der Waals surface area contributed by atoms with Gasteiger partial charge < -0.3 is 20.8 Å². The Morgan fingerprint density at radius 1 is 1.53 bits per heavy atom. The minimum atomic E-state index is -0.0611. The van der Waals surface area contributed by atoms with Crippen LogP contribution < -0.4 is 20.7 Å². The highest BCUT2D eigenvalue weighted by atomic mass is 32.1. The van der Waals surface area contributed by atoms with E-state index >= 15 is 0 Å². The van der Waals surface area contributed by atoms with E-state index in [1.54, 1.807) is 17.5 Å². The molecular weight excluding hydrogens is 264 g/mol. The smallest absolute Gasteiger partial charge is 0.304 e. The molecule has 6 nitrogen and oxygen atoms in total. The molecule has 2 aromatic heterocycles. The number of aromatic amines is 1. The van der Waals surface area contributed by atoms with Gasteiger partial charge in [0.2, 0.25) is 5.88 Å². The summed E-state index contributed by atoms with van der Waals surface area (Å²) in [6.45, 7) is 3.10. The Morgan fingerprint density at radius 3 is 3.05 bits per heavy atom. The van der Waals surface area contributed by atoms with Crippen LogP contribution in [0.3, 0.4) is 0 Å². The SMILES string of the molecule is CCCOc1nc(NCc2csc(=O)[nH]2)ccc1N. The van der Waals surface area contributed by atoms with E-state index in [0.29, 0.717) is 30.5 Å². The van der Waals surface area contributed by atoms with Crippen molar-refractivity contribution in [1.29, 1.82) is 0 Å². The van der Waals surface area contributed by atoms with E-state index < -0.39 is 0 Å². The molecule has 102 valence electrons. The predicted octanol–water partition coefficient (Wildman–Crippen LogP) is 1.81. The third kappa shape index (κ3) is 3.72. The number of nitrogen functional groups attached to an aromatic ring is 1. The third-order valence-corrected chi connectivity index (χ3v) is 3.08. The summed E-state index contributed by atoms with van der Waals surface area (Å²) in [6.07, 6.45) is 0.898. The van der Waals surface area contributed by atoms with E-state index in [4.69, 9.17) is 10.5 Å². The van der Waals surface area contributed by atoms with Gasteiger partial charge in [-0.3, -0.25) is 4.79 Å². The summed E-state index contributed by atoms with van der Waals surface area (Å²) in [5.41, 5.74) is 7.12. The van der Waals surface area contributed by atoms with Crippen LogP contribution in [0.15, 0.2) is 22.3 Å². The summed E-state index contributed by atoms with van der Waals surface area (Å²) in [5.74, 6) is 1.10. The highest BCUT2D eigenvalue weighted by Gasteiger charge is 2.04. The van der Waals surface area contributed by atoms with E-state index in [1.807, 2.05) is 6.92 Å². The third-order valence-electron chi connectivity index (χ3n) is 2.36. The topological polar surface area (TPSA) is 93.0 Å². The molecule has 2 rings (SSSR count). The van der Waals surface area contributed by atoms with Gasteiger partial charge in [0, 0.05) is 11.1 Å². The molecule has 0 atom stereocenters. The number of aromatic nitrogens is 2. The number of nitrogens with zero attached hydrogens (tertiary/aromatic N) is 1. The number of H-pyrrole nitrogens is 1. The molecule has 0 saturated carbocycles. The molecule has 4 N–H and O–H groups in total. The van der Waals surface area contributed by atoms with Crippen molar-refractivity contribution in [2.24, 2.45) is 0 Å². The second-order valence-corrected chi connectivity index (χ2v) is 4.81. The van der Waals surface area contributed by atoms with Crippen LogP contribution in [0.25, 0.3) is 0 Å². The van der Waals surface area contributed by atoms with Crippen molar-refractivity contribution < 1.29 is 4.74 Å². The van der Waals surface area contributed by atoms with Gasteiger partial charge in [-0.2, -0.15) is 4.98 Å². The van der Waals surface area contributed by atoms with Gasteiger partial charge in [-0.05, 0) is 18.6 Å². The van der Waals surface area contributed by atoms with Crippen LogP contribution in [-0.4, -0.2) is 16.6 Å². The number of anilines is 2. The van der Waals surface area contributed by atoms with Crippen LogP contribution >= 0.6 is 11.3 Å². The number of rotatable bonds is 6. The number of ether oxygens (including phenoxy) is 1. The number of thiazole rings is 1. The summed E-state index contributed by atoms with van der Waals surface area (Å²) in [5, 5.41) is 4.89. The molecule has 0 amide bonds. The first-order chi connectivity index (χ1) is 9.19. The van der Waals surface area contributed by atoms with Crippen LogP contribution in [0.5, 0.6) is 5.88 Å². The Bertz CT molecular complexity index is 593. The van der Waals surface area contributed by atoms with Gasteiger partial charge in [-0.25, -0.2) is 0 Å². The number of nitrogens with one attached hydrogen (secondary N) is 2. The van der Waals surface area contributed by atoms with E-state index in [2.05, 4.69) is 15.3 Å². The van der Waals surface area contributed by atoms with Crippen molar-refractivity contribution in [2.75, 3.05) is 17.7 Å². The molecule has 0 saturated heterocycles. The van der Waals surface area contributed by atoms with E-state index in [-0.39, 0.29) is 4.87 Å². The summed E-state index contributed by atoms with van der Waals surface area (Å²) in [6, 6.07) is 3.52. The molecule has 2 aromatic rings. The maximum Gasteiger partial charge on any atom is 0.304 e. The molecule has 2 heterocycles. The quantitative estimate of drug-likeness (QED) is 0.750. The van der Waals surface area contributed by atoms with Gasteiger partial charge in [0.05, 0.1) is 18.8 Å². The standard InChI is InChI=1S/C12H16N4O2S/c1-2-5-18-11-9(13)3-4-10(16-11)14-6-8-7-19-12(17)15-8/h3-4,7H,2,5-6,13H2,1H3,(H,14,16)(H,15,17). The molecule has 7 heteroatoms. The Hall–Kier alpha value is -2.02. The lowest BCUT2D eigenvalue weighted by Gasteiger charge is -2.09. The summed E-state index contributed by atoms with van der Waals surface area (Å²) in [7, 11) is 0. The largest absolute Gasteiger partial charge is 0.476 e. The second-order valence-electron chi connectivity index (χ2n) is 3.97. The Balaban J connectivity index is 2.02. The Morgan fingerprint density at radius 2 is 2.37 bits per heavy atom. The van der Waals surface area contributed by atoms with Gasteiger partial charge in [0.25, 0.3) is 0 Å². The highest BCUT2D eigenvalue weighted by Crippen LogP contribution is 2.21. The summed E-state index contributed by atoms with van der Waals surface area (Å²) >= 11 is 1.14. The summed E-state index contributed by atoms with van der Waals surface area (Å²) in [4.78, 5) is 17.9. The fourth-order valence-electron chi connectivity index (χ4n) is 1.45. The van der Waals surface area contributed by atoms with Gasteiger partial charge >= 0.3 is 4.87 Å². The molecule has 0 bridgehead atoms. The first-order valence-electron chi connectivity index (χ1n) is 5.99. The normalized spacial score (nSPS) is 10.4.